The van der Waals surface area contributed by atoms with Gasteiger partial charge in [-0.1, -0.05) is 135 Å². The standard InChI is InChI=1S/C52H72F2N10O2.C13H20.C2H4O2/c1-10-33(11-2)47(56-8)49(55)62-24-14-16-43(62)32(7)58-40-20-18-35(26-30(40)5)44-22-23-45(64(44)37-28-38(53)31(6)39(54)29-37)36-19-21-41-42(27-36)60-50(59-41)46-17-15-25-63(46)51(65)48(34(12-3)13-4)61-52(66)57-9;1-3-8-12(9-4-2)13-10-6-5-7-11-13;1-4-2-3/h18-21,26-29,33-34,43-48,55-56,58H,7,10-17,22-25H2,1-6,8-9H3,(H,59,60)(H2,57,61,66);5-7,10-12H,3-4,8-9H2,1-2H3;2H,1H3/t43-,44?,45+,46?,47?,48?;;/m0../s1. The lowest BCUT2D eigenvalue weighted by Crippen LogP contribution is -2.53. The molecule has 3 aliphatic heterocycles. The monoisotopic (exact) mass is 1140 g/mol. The summed E-state index contributed by atoms with van der Waals surface area (Å²) in [6.07, 6.45) is 13.8. The first kappa shape index (κ1) is 65.3. The number of rotatable bonds is 23. The number of hydrogen-bond donors (Lipinski definition) is 6. The number of likely N-dealkylation sites (N-methyl/N-ethyl adjacent to an activating group) is 1. The van der Waals surface area contributed by atoms with Crippen LogP contribution in [0.3, 0.4) is 0 Å². The van der Waals surface area contributed by atoms with Crippen LogP contribution in [0.1, 0.15) is 189 Å². The average Bonchev–Trinajstić information content (AvgIpc) is 4.40. The van der Waals surface area contributed by atoms with Crippen molar-refractivity contribution in [3.05, 3.63) is 136 Å². The summed E-state index contributed by atoms with van der Waals surface area (Å²) < 4.78 is 34.7. The molecule has 0 spiro atoms. The van der Waals surface area contributed by atoms with Crippen LogP contribution in [0.5, 0.6) is 0 Å². The number of fused-ring (bicyclic) bond motifs is 1. The van der Waals surface area contributed by atoms with Crippen LogP contribution in [-0.4, -0.2) is 96.4 Å². The predicted molar refractivity (Wildman–Crippen MR) is 334 cm³/mol. The van der Waals surface area contributed by atoms with Crippen molar-refractivity contribution in [1.82, 2.24) is 35.7 Å². The van der Waals surface area contributed by atoms with Crippen LogP contribution >= 0.6 is 0 Å². The lowest BCUT2D eigenvalue weighted by molar-refractivity contribution is -0.135. The molecule has 3 fully saturated rings. The lowest BCUT2D eigenvalue weighted by atomic mass is 9.91. The number of hydrogen-bond acceptors (Lipinski definition) is 9. The van der Waals surface area contributed by atoms with Crippen LogP contribution in [0.4, 0.5) is 25.0 Å². The number of anilines is 2. The summed E-state index contributed by atoms with van der Waals surface area (Å²) >= 11 is 0. The molecular formula is C67H96F2N10O4. The van der Waals surface area contributed by atoms with Crippen molar-refractivity contribution in [2.75, 3.05) is 44.5 Å². The summed E-state index contributed by atoms with van der Waals surface area (Å²) in [4.78, 5) is 50.4. The normalized spacial score (nSPS) is 18.4. The molecule has 3 aliphatic rings. The summed E-state index contributed by atoms with van der Waals surface area (Å²) in [7, 11) is 4.81. The van der Waals surface area contributed by atoms with Crippen molar-refractivity contribution < 1.29 is 27.9 Å². The van der Waals surface area contributed by atoms with E-state index in [4.69, 9.17) is 9.78 Å². The lowest BCUT2D eigenvalue weighted by Gasteiger charge is -2.36. The number of amidine groups is 1. The fourth-order valence-electron chi connectivity index (χ4n) is 13.0. The van der Waals surface area contributed by atoms with E-state index in [0.717, 1.165) is 116 Å². The highest BCUT2D eigenvalue weighted by molar-refractivity contribution is 5.88. The molecule has 3 amide bonds. The Bertz CT molecular complexity index is 2880. The number of amides is 3. The molecule has 14 nitrogen and oxygen atoms in total. The Balaban J connectivity index is 0.000000561. The summed E-state index contributed by atoms with van der Waals surface area (Å²) in [6, 6.07) is 24.7. The minimum absolute atomic E-state index is 0.00588. The Kier molecular flexibility index (Phi) is 25.0. The van der Waals surface area contributed by atoms with E-state index in [9.17, 15) is 15.0 Å². The van der Waals surface area contributed by atoms with E-state index >= 15 is 8.78 Å². The number of aryl methyl sites for hydroxylation is 1. The molecule has 4 aromatic carbocycles. The quantitative estimate of drug-likeness (QED) is 0.0212. The van der Waals surface area contributed by atoms with Gasteiger partial charge in [0.1, 0.15) is 29.3 Å². The predicted octanol–water partition coefficient (Wildman–Crippen LogP) is 14.5. The van der Waals surface area contributed by atoms with Crippen molar-refractivity contribution >= 4 is 46.7 Å². The van der Waals surface area contributed by atoms with E-state index in [1.54, 1.807) is 7.05 Å². The smallest absolute Gasteiger partial charge is 0.315 e. The Morgan fingerprint density at radius 3 is 1.93 bits per heavy atom. The number of urea groups is 1. The first-order chi connectivity index (χ1) is 40.1. The zero-order chi connectivity index (χ0) is 60.3. The third-order valence-electron chi connectivity index (χ3n) is 17.7. The van der Waals surface area contributed by atoms with Gasteiger partial charge in [-0.15, -0.1) is 0 Å². The zero-order valence-corrected chi connectivity index (χ0v) is 51.5. The summed E-state index contributed by atoms with van der Waals surface area (Å²) in [5.74, 6) is 1.23. The molecule has 6 atom stereocenters. The Morgan fingerprint density at radius 1 is 0.783 bits per heavy atom. The van der Waals surface area contributed by atoms with E-state index in [2.05, 4.69) is 143 Å². The van der Waals surface area contributed by atoms with Gasteiger partial charge in [0.25, 0.3) is 6.47 Å². The second kappa shape index (κ2) is 31.7. The number of carbonyl (C=O) groups is 3. The van der Waals surface area contributed by atoms with Gasteiger partial charge in [-0.05, 0) is 143 Å². The number of aromatic nitrogens is 2. The maximum Gasteiger partial charge on any atom is 0.315 e. The third-order valence-corrected chi connectivity index (χ3v) is 17.7. The number of imidazole rings is 1. The van der Waals surface area contributed by atoms with Gasteiger partial charge in [-0.2, -0.15) is 0 Å². The first-order valence-electron chi connectivity index (χ1n) is 30.7. The Morgan fingerprint density at radius 2 is 1.36 bits per heavy atom. The van der Waals surface area contributed by atoms with Crippen LogP contribution < -0.4 is 26.2 Å². The van der Waals surface area contributed by atoms with E-state index < -0.39 is 17.7 Å². The maximum atomic E-state index is 15.4. The molecule has 0 radical (unpaired) electrons. The number of methoxy groups -OCH3 is 1. The second-order valence-corrected chi connectivity index (χ2v) is 22.7. The summed E-state index contributed by atoms with van der Waals surface area (Å²) in [5.41, 5.74) is 8.48. The number of benzene rings is 4. The number of aromatic amines is 1. The van der Waals surface area contributed by atoms with E-state index in [1.807, 2.05) is 31.9 Å². The van der Waals surface area contributed by atoms with Gasteiger partial charge in [0.05, 0.1) is 48.4 Å². The van der Waals surface area contributed by atoms with E-state index in [-0.39, 0.29) is 53.6 Å². The van der Waals surface area contributed by atoms with Crippen LogP contribution in [0.25, 0.3) is 11.0 Å². The summed E-state index contributed by atoms with van der Waals surface area (Å²) in [6.45, 7) is 22.8. The van der Waals surface area contributed by atoms with Crippen LogP contribution in [0, 0.1) is 42.7 Å². The van der Waals surface area contributed by atoms with E-state index in [1.165, 1.54) is 57.4 Å². The van der Waals surface area contributed by atoms with Crippen LogP contribution in [0.15, 0.2) is 91.1 Å². The van der Waals surface area contributed by atoms with Gasteiger partial charge in [-0.25, -0.2) is 18.6 Å². The van der Waals surface area contributed by atoms with Crippen molar-refractivity contribution in [2.45, 2.75) is 187 Å². The van der Waals surface area contributed by atoms with Crippen molar-refractivity contribution in [1.29, 1.82) is 5.41 Å². The van der Waals surface area contributed by atoms with Gasteiger partial charge in [-0.3, -0.25) is 15.0 Å². The molecule has 4 heterocycles. The molecule has 3 saturated heterocycles. The summed E-state index contributed by atoms with van der Waals surface area (Å²) in [5, 5.41) is 21.8. The molecule has 16 heteroatoms. The molecule has 0 aliphatic carbocycles. The molecule has 8 rings (SSSR count). The molecule has 4 unspecified atom stereocenters. The minimum atomic E-state index is -0.648. The van der Waals surface area contributed by atoms with Crippen LogP contribution in [0.2, 0.25) is 0 Å². The highest BCUT2D eigenvalue weighted by atomic mass is 19.1. The Hall–Kier alpha value is -6.81. The third kappa shape index (κ3) is 15.9. The number of ether oxygens (including phenoxy) is 1. The number of nitrogens with one attached hydrogen (secondary N) is 6. The molecule has 5 aromatic rings. The first-order valence-corrected chi connectivity index (χ1v) is 30.7. The fraction of sp³-hybridized carbons (Fsp3) is 0.537. The highest BCUT2D eigenvalue weighted by Gasteiger charge is 2.40. The van der Waals surface area contributed by atoms with Gasteiger partial charge in [0.15, 0.2) is 0 Å². The van der Waals surface area contributed by atoms with E-state index in [0.29, 0.717) is 36.3 Å². The van der Waals surface area contributed by atoms with Gasteiger partial charge < -0.3 is 45.7 Å². The fourth-order valence-corrected chi connectivity index (χ4v) is 13.0. The second-order valence-electron chi connectivity index (χ2n) is 22.7. The molecule has 1 aromatic heterocycles. The number of H-pyrrole nitrogens is 1. The van der Waals surface area contributed by atoms with Crippen molar-refractivity contribution in [2.24, 2.45) is 11.8 Å². The number of likely N-dealkylation sites (tertiary alicyclic amines) is 2. The SMILES string of the molecule is C=C(Nc1ccc(C2CC[C@H](c3ccc4nc(C5CCCN5C(=O)C(NC(=O)NC)C(CC)CC)[nH]c4c3)N2c2cc(F)c(C)c(F)c2)cc1C)[C@@H]1CCCN1C(=N)C(NC)C(CC)CC.CCCC(CCC)c1ccccc1.COC=O. The number of carbonyl (C=O) groups excluding carboxylic acids is 3. The number of nitrogens with zero attached hydrogens (tertiary/aromatic N) is 4. The molecule has 83 heavy (non-hydrogen) atoms. The van der Waals surface area contributed by atoms with Gasteiger partial charge in [0, 0.05) is 42.8 Å². The number of halogens is 2. The maximum absolute atomic E-state index is 15.4. The molecular weight excluding hydrogens is 1050 g/mol. The zero-order valence-electron chi connectivity index (χ0n) is 51.5. The molecule has 6 N–H and O–H groups in total. The van der Waals surface area contributed by atoms with Crippen molar-refractivity contribution in [3.63, 3.8) is 0 Å². The Labute approximate surface area is 493 Å². The van der Waals surface area contributed by atoms with Gasteiger partial charge in [0.2, 0.25) is 5.91 Å². The van der Waals surface area contributed by atoms with Crippen LogP contribution in [-0.2, 0) is 14.3 Å². The molecule has 0 bridgehead atoms. The highest BCUT2D eigenvalue weighted by Crippen LogP contribution is 2.48. The average molecular weight is 1140 g/mol. The largest absolute Gasteiger partial charge is 0.471 e. The van der Waals surface area contributed by atoms with Gasteiger partial charge >= 0.3 is 6.03 Å². The minimum Gasteiger partial charge on any atom is -0.471 e. The molecule has 452 valence electrons. The van der Waals surface area contributed by atoms with Crippen molar-refractivity contribution in [3.8, 4) is 0 Å². The molecule has 0 saturated carbocycles. The topological polar surface area (TPSA) is 171 Å².